The number of amides is 1. The van der Waals surface area contributed by atoms with E-state index in [1.807, 2.05) is 48.5 Å². The highest BCUT2D eigenvalue weighted by atomic mass is 32.2. The number of aromatic nitrogens is 1. The van der Waals surface area contributed by atoms with Gasteiger partial charge in [0.25, 0.3) is 11.1 Å². The van der Waals surface area contributed by atoms with Gasteiger partial charge in [-0.05, 0) is 29.7 Å². The van der Waals surface area contributed by atoms with Crippen molar-refractivity contribution in [3.05, 3.63) is 59.7 Å². The van der Waals surface area contributed by atoms with Crippen molar-refractivity contribution in [2.75, 3.05) is 6.54 Å². The molecule has 0 saturated heterocycles. The van der Waals surface area contributed by atoms with Gasteiger partial charge in [0.05, 0.1) is 0 Å². The van der Waals surface area contributed by atoms with Gasteiger partial charge in [0.2, 0.25) is 0 Å². The molecular weight excluding hydrogens is 320 g/mol. The van der Waals surface area contributed by atoms with Crippen molar-refractivity contribution in [1.29, 1.82) is 0 Å². The summed E-state index contributed by atoms with van der Waals surface area (Å²) in [6.07, 6.45) is 0. The topological polar surface area (TPSA) is 55.1 Å². The van der Waals surface area contributed by atoms with Crippen LogP contribution in [0, 0.1) is 5.92 Å². The molecule has 2 aromatic carbocycles. The molecule has 0 aliphatic heterocycles. The van der Waals surface area contributed by atoms with Gasteiger partial charge in [0.1, 0.15) is 5.52 Å². The second-order valence-corrected chi connectivity index (χ2v) is 6.92. The SMILES string of the molecule is CC(C)CNC(=O)c1ccccc1CSc1nc2ccccc2o1. The van der Waals surface area contributed by atoms with E-state index in [1.165, 1.54) is 11.8 Å². The first-order chi connectivity index (χ1) is 11.6. The van der Waals surface area contributed by atoms with Crippen LogP contribution in [0.5, 0.6) is 0 Å². The molecule has 0 fully saturated rings. The van der Waals surface area contributed by atoms with Crippen molar-refractivity contribution in [2.45, 2.75) is 24.8 Å². The predicted octanol–water partition coefficient (Wildman–Crippen LogP) is 4.51. The number of oxazole rings is 1. The number of para-hydroxylation sites is 2. The van der Waals surface area contributed by atoms with Crippen LogP contribution >= 0.6 is 11.8 Å². The second-order valence-electron chi connectivity index (χ2n) is 6.00. The lowest BCUT2D eigenvalue weighted by atomic mass is 10.1. The summed E-state index contributed by atoms with van der Waals surface area (Å²) in [7, 11) is 0. The fourth-order valence-electron chi connectivity index (χ4n) is 2.31. The third-order valence-corrected chi connectivity index (χ3v) is 4.44. The Hall–Kier alpha value is -2.27. The number of thioether (sulfide) groups is 1. The number of rotatable bonds is 6. The minimum absolute atomic E-state index is 0.0301. The van der Waals surface area contributed by atoms with E-state index in [9.17, 15) is 4.79 Å². The van der Waals surface area contributed by atoms with Crippen molar-refractivity contribution >= 4 is 28.8 Å². The van der Waals surface area contributed by atoms with Gasteiger partial charge in [-0.2, -0.15) is 0 Å². The molecule has 0 radical (unpaired) electrons. The molecule has 1 N–H and O–H groups in total. The lowest BCUT2D eigenvalue weighted by molar-refractivity contribution is 0.0948. The first-order valence-corrected chi connectivity index (χ1v) is 8.96. The Morgan fingerprint density at radius 1 is 1.17 bits per heavy atom. The normalized spacial score (nSPS) is 11.1. The molecule has 1 heterocycles. The summed E-state index contributed by atoms with van der Waals surface area (Å²) in [5.74, 6) is 1.03. The van der Waals surface area contributed by atoms with Gasteiger partial charge in [0, 0.05) is 17.9 Å². The Morgan fingerprint density at radius 2 is 1.92 bits per heavy atom. The Morgan fingerprint density at radius 3 is 2.71 bits per heavy atom. The molecular formula is C19H20N2O2S. The fourth-order valence-corrected chi connectivity index (χ4v) is 3.15. The Bertz CT molecular complexity index is 809. The lowest BCUT2D eigenvalue weighted by Gasteiger charge is -2.10. The minimum Gasteiger partial charge on any atom is -0.431 e. The number of carbonyl (C=O) groups is 1. The predicted molar refractivity (Wildman–Crippen MR) is 97.2 cm³/mol. The molecule has 1 amide bonds. The number of nitrogens with one attached hydrogen (secondary N) is 1. The summed E-state index contributed by atoms with van der Waals surface area (Å²) in [6, 6.07) is 15.4. The summed E-state index contributed by atoms with van der Waals surface area (Å²) in [5, 5.41) is 3.59. The van der Waals surface area contributed by atoms with Crippen LogP contribution < -0.4 is 5.32 Å². The number of benzene rings is 2. The van der Waals surface area contributed by atoms with Gasteiger partial charge in [-0.1, -0.05) is 55.9 Å². The molecule has 0 spiro atoms. The molecule has 3 aromatic rings. The van der Waals surface area contributed by atoms with Crippen LogP contribution in [0.1, 0.15) is 29.8 Å². The Balaban J connectivity index is 1.71. The van der Waals surface area contributed by atoms with E-state index in [0.29, 0.717) is 29.0 Å². The first-order valence-electron chi connectivity index (χ1n) is 7.98. The Kier molecular flexibility index (Phi) is 5.20. The molecule has 5 heteroatoms. The van der Waals surface area contributed by atoms with Gasteiger partial charge in [-0.15, -0.1) is 0 Å². The van der Waals surface area contributed by atoms with Crippen molar-refractivity contribution in [3.63, 3.8) is 0 Å². The molecule has 0 unspecified atom stereocenters. The summed E-state index contributed by atoms with van der Waals surface area (Å²) >= 11 is 1.50. The average Bonchev–Trinajstić information content (AvgIpc) is 3.01. The molecule has 0 aliphatic rings. The third kappa shape index (κ3) is 3.97. The fraction of sp³-hybridized carbons (Fsp3) is 0.263. The molecule has 3 rings (SSSR count). The first kappa shape index (κ1) is 16.6. The van der Waals surface area contributed by atoms with Crippen LogP contribution in [0.4, 0.5) is 0 Å². The quantitative estimate of drug-likeness (QED) is 0.671. The van der Waals surface area contributed by atoms with E-state index in [0.717, 1.165) is 16.7 Å². The number of fused-ring (bicyclic) bond motifs is 1. The van der Waals surface area contributed by atoms with E-state index in [4.69, 9.17) is 4.42 Å². The number of nitrogens with zero attached hydrogens (tertiary/aromatic N) is 1. The smallest absolute Gasteiger partial charge is 0.257 e. The summed E-state index contributed by atoms with van der Waals surface area (Å²) in [4.78, 5) is 16.8. The molecule has 4 nitrogen and oxygen atoms in total. The third-order valence-electron chi connectivity index (χ3n) is 3.56. The van der Waals surface area contributed by atoms with E-state index in [-0.39, 0.29) is 5.91 Å². The van der Waals surface area contributed by atoms with Crippen LogP contribution in [0.15, 0.2) is 58.2 Å². The number of hydrogen-bond acceptors (Lipinski definition) is 4. The molecule has 0 saturated carbocycles. The summed E-state index contributed by atoms with van der Waals surface area (Å²) in [6.45, 7) is 4.83. The van der Waals surface area contributed by atoms with Crippen molar-refractivity contribution in [1.82, 2.24) is 10.3 Å². The average molecular weight is 340 g/mol. The van der Waals surface area contributed by atoms with Crippen molar-refractivity contribution < 1.29 is 9.21 Å². The highest BCUT2D eigenvalue weighted by molar-refractivity contribution is 7.98. The Labute approximate surface area is 145 Å². The van der Waals surface area contributed by atoms with Gasteiger partial charge in [-0.25, -0.2) is 4.98 Å². The van der Waals surface area contributed by atoms with E-state index in [2.05, 4.69) is 24.1 Å². The van der Waals surface area contributed by atoms with Crippen molar-refractivity contribution in [2.24, 2.45) is 5.92 Å². The number of hydrogen-bond donors (Lipinski definition) is 1. The molecule has 124 valence electrons. The summed E-state index contributed by atoms with van der Waals surface area (Å²) < 4.78 is 5.72. The lowest BCUT2D eigenvalue weighted by Crippen LogP contribution is -2.28. The zero-order valence-electron chi connectivity index (χ0n) is 13.8. The standard InChI is InChI=1S/C19H20N2O2S/c1-13(2)11-20-18(22)15-8-4-3-7-14(15)12-24-19-21-16-9-5-6-10-17(16)23-19/h3-10,13H,11-12H2,1-2H3,(H,20,22). The highest BCUT2D eigenvalue weighted by Crippen LogP contribution is 2.27. The van der Waals surface area contributed by atoms with Crippen LogP contribution in [-0.4, -0.2) is 17.4 Å². The van der Waals surface area contributed by atoms with Crippen molar-refractivity contribution in [3.8, 4) is 0 Å². The van der Waals surface area contributed by atoms with Gasteiger partial charge < -0.3 is 9.73 Å². The van der Waals surface area contributed by atoms with Gasteiger partial charge >= 0.3 is 0 Å². The zero-order valence-corrected chi connectivity index (χ0v) is 14.6. The van der Waals surface area contributed by atoms with Gasteiger partial charge in [0.15, 0.2) is 5.58 Å². The maximum Gasteiger partial charge on any atom is 0.257 e. The van der Waals surface area contributed by atoms with Crippen LogP contribution in [0.25, 0.3) is 11.1 Å². The minimum atomic E-state index is -0.0301. The molecule has 1 aromatic heterocycles. The van der Waals surface area contributed by atoms with Crippen LogP contribution in [0.2, 0.25) is 0 Å². The summed E-state index contributed by atoms with van der Waals surface area (Å²) in [5.41, 5.74) is 3.32. The van der Waals surface area contributed by atoms with Gasteiger partial charge in [-0.3, -0.25) is 4.79 Å². The van der Waals surface area contributed by atoms with E-state index in [1.54, 1.807) is 0 Å². The molecule has 0 aliphatic carbocycles. The van der Waals surface area contributed by atoms with E-state index < -0.39 is 0 Å². The second kappa shape index (κ2) is 7.53. The monoisotopic (exact) mass is 340 g/mol. The molecule has 0 atom stereocenters. The molecule has 24 heavy (non-hydrogen) atoms. The highest BCUT2D eigenvalue weighted by Gasteiger charge is 2.13. The maximum atomic E-state index is 12.4. The van der Waals surface area contributed by atoms with E-state index >= 15 is 0 Å². The zero-order chi connectivity index (χ0) is 16.9. The number of carbonyl (C=O) groups excluding carboxylic acids is 1. The van der Waals surface area contributed by atoms with Crippen LogP contribution in [0.3, 0.4) is 0 Å². The maximum absolute atomic E-state index is 12.4. The largest absolute Gasteiger partial charge is 0.431 e. The van der Waals surface area contributed by atoms with Crippen LogP contribution in [-0.2, 0) is 5.75 Å². The molecule has 0 bridgehead atoms.